The lowest BCUT2D eigenvalue weighted by Crippen LogP contribution is -2.35. The number of amides is 1. The highest BCUT2D eigenvalue weighted by Gasteiger charge is 2.29. The smallest absolute Gasteiger partial charge is 0.407 e. The van der Waals surface area contributed by atoms with Crippen LogP contribution in [0, 0.1) is 0 Å². The maximum Gasteiger partial charge on any atom is 0.407 e. The van der Waals surface area contributed by atoms with Gasteiger partial charge in [0.15, 0.2) is 0 Å². The van der Waals surface area contributed by atoms with Gasteiger partial charge in [0.05, 0.1) is 6.10 Å². The van der Waals surface area contributed by atoms with Crippen LogP contribution in [0.3, 0.4) is 0 Å². The Morgan fingerprint density at radius 2 is 1.77 bits per heavy atom. The van der Waals surface area contributed by atoms with E-state index in [4.69, 9.17) is 4.74 Å². The Kier molecular flexibility index (Phi) is 4.91. The molecule has 0 radical (unpaired) electrons. The van der Waals surface area contributed by atoms with Crippen molar-refractivity contribution in [3.8, 4) is 11.1 Å². The standard InChI is InChI=1S/C21H24N2O3/c24-15-9-11-23(13-15)12-10-22-21(25)26-14-20-18-7-3-1-5-16(18)17-6-2-4-8-19(17)20/h1-8,15,20,24H,9-14H2,(H,22,25)/t15-/m0/s1. The number of aliphatic hydroxyl groups excluding tert-OH is 1. The molecule has 1 amide bonds. The predicted molar refractivity (Wildman–Crippen MR) is 100 cm³/mol. The van der Waals surface area contributed by atoms with Crippen LogP contribution in [0.5, 0.6) is 0 Å². The summed E-state index contributed by atoms with van der Waals surface area (Å²) in [4.78, 5) is 14.2. The van der Waals surface area contributed by atoms with Crippen LogP contribution in [0.4, 0.5) is 4.79 Å². The summed E-state index contributed by atoms with van der Waals surface area (Å²) in [6, 6.07) is 16.6. The largest absolute Gasteiger partial charge is 0.449 e. The average Bonchev–Trinajstić information content (AvgIpc) is 3.21. The van der Waals surface area contributed by atoms with E-state index in [1.165, 1.54) is 22.3 Å². The summed E-state index contributed by atoms with van der Waals surface area (Å²) in [5.41, 5.74) is 4.88. The van der Waals surface area contributed by atoms with E-state index in [1.807, 2.05) is 24.3 Å². The number of hydrogen-bond donors (Lipinski definition) is 2. The monoisotopic (exact) mass is 352 g/mol. The topological polar surface area (TPSA) is 61.8 Å². The third kappa shape index (κ3) is 3.45. The van der Waals surface area contributed by atoms with Crippen molar-refractivity contribution in [1.29, 1.82) is 0 Å². The first-order valence-corrected chi connectivity index (χ1v) is 9.21. The maximum absolute atomic E-state index is 12.1. The third-order valence-electron chi connectivity index (χ3n) is 5.29. The molecule has 26 heavy (non-hydrogen) atoms. The fourth-order valence-electron chi connectivity index (χ4n) is 3.98. The van der Waals surface area contributed by atoms with Crippen molar-refractivity contribution >= 4 is 6.09 Å². The number of fused-ring (bicyclic) bond motifs is 3. The molecule has 2 aromatic carbocycles. The van der Waals surface area contributed by atoms with Crippen molar-refractivity contribution in [2.45, 2.75) is 18.4 Å². The van der Waals surface area contributed by atoms with Gasteiger partial charge in [-0.15, -0.1) is 0 Å². The Bertz CT molecular complexity index is 747. The van der Waals surface area contributed by atoms with E-state index in [9.17, 15) is 9.90 Å². The molecule has 136 valence electrons. The summed E-state index contributed by atoms with van der Waals surface area (Å²) < 4.78 is 5.51. The second kappa shape index (κ2) is 7.48. The van der Waals surface area contributed by atoms with Crippen LogP contribution >= 0.6 is 0 Å². The van der Waals surface area contributed by atoms with E-state index in [0.29, 0.717) is 19.7 Å². The summed E-state index contributed by atoms with van der Waals surface area (Å²) in [5, 5.41) is 12.3. The molecule has 2 aliphatic rings. The zero-order chi connectivity index (χ0) is 17.9. The zero-order valence-electron chi connectivity index (χ0n) is 14.7. The van der Waals surface area contributed by atoms with Gasteiger partial charge in [0, 0.05) is 32.1 Å². The molecule has 1 aliphatic carbocycles. The van der Waals surface area contributed by atoms with E-state index < -0.39 is 0 Å². The molecule has 2 N–H and O–H groups in total. The van der Waals surface area contributed by atoms with Crippen LogP contribution in [0.25, 0.3) is 11.1 Å². The van der Waals surface area contributed by atoms with Crippen LogP contribution in [0.2, 0.25) is 0 Å². The first-order chi connectivity index (χ1) is 12.7. The molecule has 5 nitrogen and oxygen atoms in total. The number of rotatable bonds is 5. The summed E-state index contributed by atoms with van der Waals surface area (Å²) in [7, 11) is 0. The first-order valence-electron chi connectivity index (χ1n) is 9.21. The van der Waals surface area contributed by atoms with Crippen LogP contribution in [0.15, 0.2) is 48.5 Å². The van der Waals surface area contributed by atoms with Gasteiger partial charge in [-0.2, -0.15) is 0 Å². The summed E-state index contributed by atoms with van der Waals surface area (Å²) in [5.74, 6) is 0.0851. The minimum atomic E-state index is -0.383. The maximum atomic E-state index is 12.1. The second-order valence-electron chi connectivity index (χ2n) is 7.00. The average molecular weight is 352 g/mol. The molecule has 2 aromatic rings. The molecule has 0 saturated carbocycles. The number of carbonyl (C=O) groups excluding carboxylic acids is 1. The number of likely N-dealkylation sites (tertiary alicyclic amines) is 1. The molecule has 5 heteroatoms. The quantitative estimate of drug-likeness (QED) is 0.868. The highest BCUT2D eigenvalue weighted by Crippen LogP contribution is 2.44. The number of benzene rings is 2. The van der Waals surface area contributed by atoms with Crippen molar-refractivity contribution < 1.29 is 14.6 Å². The fourth-order valence-corrected chi connectivity index (χ4v) is 3.98. The molecule has 0 spiro atoms. The van der Waals surface area contributed by atoms with E-state index in [-0.39, 0.29) is 18.1 Å². The van der Waals surface area contributed by atoms with Gasteiger partial charge in [-0.05, 0) is 28.7 Å². The van der Waals surface area contributed by atoms with Gasteiger partial charge in [-0.1, -0.05) is 48.5 Å². The second-order valence-corrected chi connectivity index (χ2v) is 7.00. The SMILES string of the molecule is O=C(NCCN1CC[C@H](O)C1)OCC1c2ccccc2-c2ccccc21. The molecule has 1 aliphatic heterocycles. The number of alkyl carbamates (subject to hydrolysis) is 1. The van der Waals surface area contributed by atoms with E-state index >= 15 is 0 Å². The Hall–Kier alpha value is -2.37. The Morgan fingerprint density at radius 1 is 1.12 bits per heavy atom. The normalized spacial score (nSPS) is 19.2. The molecular formula is C21H24N2O3. The molecule has 1 saturated heterocycles. The number of hydrogen-bond acceptors (Lipinski definition) is 4. The molecule has 1 fully saturated rings. The van der Waals surface area contributed by atoms with Gasteiger partial charge in [-0.3, -0.25) is 4.90 Å². The number of carbonyl (C=O) groups is 1. The van der Waals surface area contributed by atoms with Gasteiger partial charge in [-0.25, -0.2) is 4.79 Å². The van der Waals surface area contributed by atoms with Crippen LogP contribution < -0.4 is 5.32 Å². The molecule has 1 atom stereocenters. The van der Waals surface area contributed by atoms with Gasteiger partial charge in [0.1, 0.15) is 6.61 Å². The van der Waals surface area contributed by atoms with Crippen molar-refractivity contribution in [2.75, 3.05) is 32.8 Å². The molecule has 0 aromatic heterocycles. The van der Waals surface area contributed by atoms with Gasteiger partial charge in [0.2, 0.25) is 0 Å². The van der Waals surface area contributed by atoms with Gasteiger partial charge in [0.25, 0.3) is 0 Å². The van der Waals surface area contributed by atoms with Crippen LogP contribution in [-0.4, -0.2) is 55.0 Å². The van der Waals surface area contributed by atoms with Crippen LogP contribution in [-0.2, 0) is 4.74 Å². The third-order valence-corrected chi connectivity index (χ3v) is 5.29. The lowest BCUT2D eigenvalue weighted by molar-refractivity contribution is 0.141. The molecule has 4 rings (SSSR count). The number of β-amino-alcohol motifs (C(OH)–C–C–N with tert-alkyl or cyclic N) is 1. The first kappa shape index (κ1) is 17.1. The van der Waals surface area contributed by atoms with E-state index in [0.717, 1.165) is 19.5 Å². The minimum Gasteiger partial charge on any atom is -0.449 e. The van der Waals surface area contributed by atoms with Crippen molar-refractivity contribution in [1.82, 2.24) is 10.2 Å². The molecule has 1 heterocycles. The predicted octanol–water partition coefficient (Wildman–Crippen LogP) is 2.59. The number of nitrogens with zero attached hydrogens (tertiary/aromatic N) is 1. The van der Waals surface area contributed by atoms with Gasteiger partial charge < -0.3 is 15.2 Å². The van der Waals surface area contributed by atoms with E-state index in [1.54, 1.807) is 0 Å². The number of ether oxygens (including phenoxy) is 1. The van der Waals surface area contributed by atoms with Crippen LogP contribution in [0.1, 0.15) is 23.5 Å². The number of aliphatic hydroxyl groups is 1. The molecule has 0 unspecified atom stereocenters. The highest BCUT2D eigenvalue weighted by atomic mass is 16.5. The fraction of sp³-hybridized carbons (Fsp3) is 0.381. The minimum absolute atomic E-state index is 0.0851. The van der Waals surface area contributed by atoms with Crippen molar-refractivity contribution in [3.63, 3.8) is 0 Å². The highest BCUT2D eigenvalue weighted by molar-refractivity contribution is 5.79. The van der Waals surface area contributed by atoms with Crippen molar-refractivity contribution in [3.05, 3.63) is 59.7 Å². The molecular weight excluding hydrogens is 328 g/mol. The van der Waals surface area contributed by atoms with E-state index in [2.05, 4.69) is 34.5 Å². The lowest BCUT2D eigenvalue weighted by Gasteiger charge is -2.16. The molecule has 0 bridgehead atoms. The summed E-state index contributed by atoms with van der Waals surface area (Å²) in [6.45, 7) is 3.17. The summed E-state index contributed by atoms with van der Waals surface area (Å²) in [6.07, 6.45) is 0.196. The zero-order valence-corrected chi connectivity index (χ0v) is 14.7. The Morgan fingerprint density at radius 3 is 2.38 bits per heavy atom. The lowest BCUT2D eigenvalue weighted by atomic mass is 9.98. The van der Waals surface area contributed by atoms with Gasteiger partial charge >= 0.3 is 6.09 Å². The summed E-state index contributed by atoms with van der Waals surface area (Å²) >= 11 is 0. The Balaban J connectivity index is 1.32. The number of nitrogens with one attached hydrogen (secondary N) is 1. The Labute approximate surface area is 153 Å². The van der Waals surface area contributed by atoms with Crippen molar-refractivity contribution in [2.24, 2.45) is 0 Å².